The van der Waals surface area contributed by atoms with Gasteiger partial charge in [-0.1, -0.05) is 6.92 Å². The SMILES string of the molecule is Cc1[nH]ncc1CCCNC1CC(C)N(C)CC1C. The van der Waals surface area contributed by atoms with Crippen LogP contribution in [0.3, 0.4) is 0 Å². The third-order valence-corrected chi connectivity index (χ3v) is 4.57. The summed E-state index contributed by atoms with van der Waals surface area (Å²) in [7, 11) is 2.24. The molecule has 3 atom stereocenters. The van der Waals surface area contributed by atoms with Gasteiger partial charge in [0.2, 0.25) is 0 Å². The van der Waals surface area contributed by atoms with Crippen LogP contribution in [0, 0.1) is 12.8 Å². The number of rotatable bonds is 5. The van der Waals surface area contributed by atoms with E-state index in [1.165, 1.54) is 30.6 Å². The van der Waals surface area contributed by atoms with E-state index in [-0.39, 0.29) is 0 Å². The first kappa shape index (κ1) is 14.5. The van der Waals surface area contributed by atoms with Crippen LogP contribution in [-0.2, 0) is 6.42 Å². The summed E-state index contributed by atoms with van der Waals surface area (Å²) in [4.78, 5) is 2.47. The van der Waals surface area contributed by atoms with Crippen molar-refractivity contribution in [2.75, 3.05) is 20.1 Å². The number of piperidine rings is 1. The standard InChI is InChI=1S/C15H28N4/c1-11-10-19(4)12(2)8-15(11)16-7-5-6-14-9-17-18-13(14)3/h9,11-12,15-16H,5-8,10H2,1-4H3,(H,17,18). The van der Waals surface area contributed by atoms with Crippen molar-refractivity contribution in [3.63, 3.8) is 0 Å². The van der Waals surface area contributed by atoms with Gasteiger partial charge in [-0.2, -0.15) is 5.10 Å². The van der Waals surface area contributed by atoms with Crippen LogP contribution in [0.1, 0.15) is 37.9 Å². The van der Waals surface area contributed by atoms with E-state index in [1.54, 1.807) is 0 Å². The van der Waals surface area contributed by atoms with Gasteiger partial charge in [0.1, 0.15) is 0 Å². The number of likely N-dealkylation sites (tertiary alicyclic amines) is 1. The largest absolute Gasteiger partial charge is 0.314 e. The molecule has 1 aromatic rings. The molecule has 4 heteroatoms. The third-order valence-electron chi connectivity index (χ3n) is 4.57. The van der Waals surface area contributed by atoms with E-state index >= 15 is 0 Å². The van der Waals surface area contributed by atoms with Crippen LogP contribution >= 0.6 is 0 Å². The monoisotopic (exact) mass is 264 g/mol. The number of H-pyrrole nitrogens is 1. The maximum absolute atomic E-state index is 4.07. The molecule has 2 N–H and O–H groups in total. The Morgan fingerprint density at radius 1 is 1.47 bits per heavy atom. The zero-order valence-corrected chi connectivity index (χ0v) is 12.7. The average molecular weight is 264 g/mol. The molecule has 0 aromatic carbocycles. The lowest BCUT2D eigenvalue weighted by atomic mass is 9.90. The molecule has 2 rings (SSSR count). The van der Waals surface area contributed by atoms with E-state index < -0.39 is 0 Å². The van der Waals surface area contributed by atoms with Gasteiger partial charge in [-0.05, 0) is 58.2 Å². The van der Waals surface area contributed by atoms with E-state index in [0.717, 1.165) is 18.9 Å². The Hall–Kier alpha value is -0.870. The van der Waals surface area contributed by atoms with Gasteiger partial charge in [-0.3, -0.25) is 5.10 Å². The molecule has 108 valence electrons. The summed E-state index contributed by atoms with van der Waals surface area (Å²) in [5, 5.41) is 10.8. The predicted octanol–water partition coefficient (Wildman–Crippen LogP) is 1.97. The number of aromatic amines is 1. The molecule has 1 aromatic heterocycles. The molecule has 0 bridgehead atoms. The Bertz CT molecular complexity index is 387. The fourth-order valence-corrected chi connectivity index (χ4v) is 3.02. The molecule has 0 saturated carbocycles. The highest BCUT2D eigenvalue weighted by molar-refractivity contribution is 5.14. The van der Waals surface area contributed by atoms with Crippen molar-refractivity contribution in [1.82, 2.24) is 20.4 Å². The maximum atomic E-state index is 4.07. The highest BCUT2D eigenvalue weighted by Gasteiger charge is 2.28. The molecular weight excluding hydrogens is 236 g/mol. The summed E-state index contributed by atoms with van der Waals surface area (Å²) < 4.78 is 0. The summed E-state index contributed by atoms with van der Waals surface area (Å²) in [6.07, 6.45) is 5.53. The van der Waals surface area contributed by atoms with E-state index in [4.69, 9.17) is 0 Å². The van der Waals surface area contributed by atoms with Crippen molar-refractivity contribution in [3.05, 3.63) is 17.5 Å². The van der Waals surface area contributed by atoms with Gasteiger partial charge in [0.15, 0.2) is 0 Å². The topological polar surface area (TPSA) is 44.0 Å². The second kappa shape index (κ2) is 6.53. The van der Waals surface area contributed by atoms with Crippen molar-refractivity contribution in [3.8, 4) is 0 Å². The van der Waals surface area contributed by atoms with Crippen LogP contribution < -0.4 is 5.32 Å². The number of aryl methyl sites for hydroxylation is 2. The maximum Gasteiger partial charge on any atom is 0.0522 e. The molecule has 0 radical (unpaired) electrons. The van der Waals surface area contributed by atoms with Crippen LogP contribution in [0.15, 0.2) is 6.20 Å². The van der Waals surface area contributed by atoms with Gasteiger partial charge < -0.3 is 10.2 Å². The molecule has 1 aliphatic heterocycles. The lowest BCUT2D eigenvalue weighted by molar-refractivity contribution is 0.122. The molecule has 19 heavy (non-hydrogen) atoms. The summed E-state index contributed by atoms with van der Waals surface area (Å²) in [5.74, 6) is 0.747. The minimum absolute atomic E-state index is 0.677. The van der Waals surface area contributed by atoms with Crippen molar-refractivity contribution in [2.24, 2.45) is 5.92 Å². The molecule has 0 aliphatic carbocycles. The molecule has 2 heterocycles. The molecule has 1 saturated heterocycles. The first-order chi connectivity index (χ1) is 9.08. The Morgan fingerprint density at radius 3 is 2.95 bits per heavy atom. The first-order valence-electron chi connectivity index (χ1n) is 7.50. The summed E-state index contributed by atoms with van der Waals surface area (Å²) >= 11 is 0. The Labute approximate surface area is 117 Å². The van der Waals surface area contributed by atoms with Gasteiger partial charge in [0.25, 0.3) is 0 Å². The third kappa shape index (κ3) is 3.80. The predicted molar refractivity (Wildman–Crippen MR) is 79.3 cm³/mol. The number of hydrogen-bond donors (Lipinski definition) is 2. The van der Waals surface area contributed by atoms with Crippen molar-refractivity contribution in [1.29, 1.82) is 0 Å². The zero-order valence-electron chi connectivity index (χ0n) is 12.7. The minimum Gasteiger partial charge on any atom is -0.314 e. The molecule has 3 unspecified atom stereocenters. The number of nitrogens with one attached hydrogen (secondary N) is 2. The molecule has 1 fully saturated rings. The number of aromatic nitrogens is 2. The molecular formula is C15H28N4. The molecule has 4 nitrogen and oxygen atoms in total. The summed E-state index contributed by atoms with van der Waals surface area (Å²) in [6, 6.07) is 1.38. The first-order valence-corrected chi connectivity index (χ1v) is 7.50. The van der Waals surface area contributed by atoms with Crippen LogP contribution in [0.2, 0.25) is 0 Å². The van der Waals surface area contributed by atoms with Gasteiger partial charge in [-0.25, -0.2) is 0 Å². The highest BCUT2D eigenvalue weighted by Crippen LogP contribution is 2.20. The number of nitrogens with zero attached hydrogens (tertiary/aromatic N) is 2. The van der Waals surface area contributed by atoms with E-state index in [0.29, 0.717) is 12.1 Å². The van der Waals surface area contributed by atoms with Crippen molar-refractivity contribution < 1.29 is 0 Å². The van der Waals surface area contributed by atoms with Gasteiger partial charge >= 0.3 is 0 Å². The van der Waals surface area contributed by atoms with Gasteiger partial charge in [0, 0.05) is 24.3 Å². The quantitative estimate of drug-likeness (QED) is 0.799. The second-order valence-corrected chi connectivity index (χ2v) is 6.19. The zero-order chi connectivity index (χ0) is 13.8. The molecule has 0 spiro atoms. The van der Waals surface area contributed by atoms with Crippen LogP contribution in [0.4, 0.5) is 0 Å². The molecule has 0 amide bonds. The van der Waals surface area contributed by atoms with E-state index in [2.05, 4.69) is 48.2 Å². The lowest BCUT2D eigenvalue weighted by Gasteiger charge is -2.40. The number of hydrogen-bond acceptors (Lipinski definition) is 3. The second-order valence-electron chi connectivity index (χ2n) is 6.19. The van der Waals surface area contributed by atoms with Crippen LogP contribution in [0.25, 0.3) is 0 Å². The summed E-state index contributed by atoms with van der Waals surface area (Å²) in [5.41, 5.74) is 2.56. The minimum atomic E-state index is 0.677. The lowest BCUT2D eigenvalue weighted by Crippen LogP contribution is -2.51. The van der Waals surface area contributed by atoms with Crippen molar-refractivity contribution in [2.45, 2.75) is 52.1 Å². The van der Waals surface area contributed by atoms with Gasteiger partial charge in [0.05, 0.1) is 6.20 Å². The normalized spacial score (nSPS) is 28.7. The Morgan fingerprint density at radius 2 is 2.26 bits per heavy atom. The van der Waals surface area contributed by atoms with Gasteiger partial charge in [-0.15, -0.1) is 0 Å². The highest BCUT2D eigenvalue weighted by atomic mass is 15.2. The average Bonchev–Trinajstić information content (AvgIpc) is 2.77. The van der Waals surface area contributed by atoms with E-state index in [1.807, 2.05) is 6.20 Å². The fourth-order valence-electron chi connectivity index (χ4n) is 3.02. The van der Waals surface area contributed by atoms with E-state index in [9.17, 15) is 0 Å². The van der Waals surface area contributed by atoms with Crippen LogP contribution in [-0.4, -0.2) is 47.3 Å². The van der Waals surface area contributed by atoms with Crippen molar-refractivity contribution >= 4 is 0 Å². The van der Waals surface area contributed by atoms with Crippen LogP contribution in [0.5, 0.6) is 0 Å². The Balaban J connectivity index is 1.69. The molecule has 1 aliphatic rings. The fraction of sp³-hybridized carbons (Fsp3) is 0.800. The summed E-state index contributed by atoms with van der Waals surface area (Å²) in [6.45, 7) is 9.10. The smallest absolute Gasteiger partial charge is 0.0522 e. The Kier molecular flexibility index (Phi) is 4.99.